The lowest BCUT2D eigenvalue weighted by Gasteiger charge is -2.21. The molecule has 1 aromatic rings. The van der Waals surface area contributed by atoms with Crippen molar-refractivity contribution in [1.82, 2.24) is 0 Å². The average Bonchev–Trinajstić information content (AvgIpc) is 2.19. The molecule has 0 aliphatic carbocycles. The van der Waals surface area contributed by atoms with Crippen LogP contribution in [0, 0.1) is 19.8 Å². The van der Waals surface area contributed by atoms with Gasteiger partial charge in [0.2, 0.25) is 0 Å². The molecular formula is C13H20N2O2. The first-order chi connectivity index (χ1) is 7.82. The standard InChI is InChI=1S/C13H20N2O2/c1-7(2)12(13(16)17)15-10-6-8(3)5-9(4)11(10)14/h5-7,12,15H,14H2,1-4H3,(H,16,17)/t12-/m1/s1. The van der Waals surface area contributed by atoms with Crippen LogP contribution in [0.5, 0.6) is 0 Å². The van der Waals surface area contributed by atoms with Gasteiger partial charge in [-0.3, -0.25) is 0 Å². The normalized spacial score (nSPS) is 12.5. The van der Waals surface area contributed by atoms with Crippen LogP contribution >= 0.6 is 0 Å². The average molecular weight is 236 g/mol. The first kappa shape index (κ1) is 13.4. The Morgan fingerprint density at radius 1 is 1.35 bits per heavy atom. The van der Waals surface area contributed by atoms with E-state index >= 15 is 0 Å². The molecule has 0 saturated carbocycles. The van der Waals surface area contributed by atoms with Crippen molar-refractivity contribution < 1.29 is 9.90 Å². The van der Waals surface area contributed by atoms with Crippen LogP contribution in [0.1, 0.15) is 25.0 Å². The van der Waals surface area contributed by atoms with E-state index in [-0.39, 0.29) is 5.92 Å². The summed E-state index contributed by atoms with van der Waals surface area (Å²) in [6.07, 6.45) is 0. The van der Waals surface area contributed by atoms with E-state index in [2.05, 4.69) is 5.32 Å². The quantitative estimate of drug-likeness (QED) is 0.702. The van der Waals surface area contributed by atoms with E-state index in [1.54, 1.807) is 0 Å². The van der Waals surface area contributed by atoms with Crippen molar-refractivity contribution in [3.63, 3.8) is 0 Å². The van der Waals surface area contributed by atoms with Crippen molar-refractivity contribution in [3.8, 4) is 0 Å². The highest BCUT2D eigenvalue weighted by Gasteiger charge is 2.22. The first-order valence-electron chi connectivity index (χ1n) is 5.69. The molecule has 1 atom stereocenters. The van der Waals surface area contributed by atoms with Crippen LogP contribution in [0.15, 0.2) is 12.1 Å². The Morgan fingerprint density at radius 2 is 1.94 bits per heavy atom. The molecule has 4 heteroatoms. The number of aryl methyl sites for hydroxylation is 2. The third kappa shape index (κ3) is 3.12. The van der Waals surface area contributed by atoms with Crippen LogP contribution in [0.2, 0.25) is 0 Å². The van der Waals surface area contributed by atoms with Crippen LogP contribution in [0.4, 0.5) is 11.4 Å². The number of benzene rings is 1. The molecule has 17 heavy (non-hydrogen) atoms. The van der Waals surface area contributed by atoms with Gasteiger partial charge in [0.1, 0.15) is 6.04 Å². The molecule has 0 bridgehead atoms. The summed E-state index contributed by atoms with van der Waals surface area (Å²) in [5.74, 6) is -0.869. The fourth-order valence-electron chi connectivity index (χ4n) is 1.78. The van der Waals surface area contributed by atoms with Crippen molar-refractivity contribution >= 4 is 17.3 Å². The minimum absolute atomic E-state index is 0.00674. The van der Waals surface area contributed by atoms with Gasteiger partial charge in [0.15, 0.2) is 0 Å². The number of hydrogen-bond donors (Lipinski definition) is 3. The molecule has 4 N–H and O–H groups in total. The highest BCUT2D eigenvalue weighted by atomic mass is 16.4. The van der Waals surface area contributed by atoms with E-state index in [9.17, 15) is 4.79 Å². The Labute approximate surface area is 102 Å². The third-order valence-corrected chi connectivity index (χ3v) is 2.77. The molecular weight excluding hydrogens is 216 g/mol. The van der Waals surface area contributed by atoms with Gasteiger partial charge in [-0.15, -0.1) is 0 Å². The SMILES string of the molecule is Cc1cc(C)c(N)c(N[C@@H](C(=O)O)C(C)C)c1. The number of carboxylic acid groups (broad SMARTS) is 1. The van der Waals surface area contributed by atoms with Crippen molar-refractivity contribution in [3.05, 3.63) is 23.3 Å². The van der Waals surface area contributed by atoms with Gasteiger partial charge in [-0.1, -0.05) is 19.9 Å². The molecule has 0 radical (unpaired) electrons. The van der Waals surface area contributed by atoms with Crippen molar-refractivity contribution in [1.29, 1.82) is 0 Å². The van der Waals surface area contributed by atoms with Gasteiger partial charge in [-0.05, 0) is 37.0 Å². The summed E-state index contributed by atoms with van der Waals surface area (Å²) in [4.78, 5) is 11.1. The Kier molecular flexibility index (Phi) is 3.99. The summed E-state index contributed by atoms with van der Waals surface area (Å²) in [7, 11) is 0. The van der Waals surface area contributed by atoms with E-state index in [4.69, 9.17) is 10.8 Å². The number of carboxylic acids is 1. The van der Waals surface area contributed by atoms with Gasteiger partial charge in [-0.2, -0.15) is 0 Å². The number of rotatable bonds is 4. The van der Waals surface area contributed by atoms with Crippen LogP contribution < -0.4 is 11.1 Å². The second-order valence-electron chi connectivity index (χ2n) is 4.75. The Morgan fingerprint density at radius 3 is 2.41 bits per heavy atom. The van der Waals surface area contributed by atoms with Crippen LogP contribution in [0.25, 0.3) is 0 Å². The molecule has 0 aliphatic heterocycles. The van der Waals surface area contributed by atoms with E-state index in [1.807, 2.05) is 39.8 Å². The van der Waals surface area contributed by atoms with Gasteiger partial charge in [0.05, 0.1) is 11.4 Å². The van der Waals surface area contributed by atoms with Crippen molar-refractivity contribution in [2.24, 2.45) is 5.92 Å². The molecule has 0 fully saturated rings. The van der Waals surface area contributed by atoms with Gasteiger partial charge in [0, 0.05) is 0 Å². The topological polar surface area (TPSA) is 75.3 Å². The summed E-state index contributed by atoms with van der Waals surface area (Å²) < 4.78 is 0. The highest BCUT2D eigenvalue weighted by Crippen LogP contribution is 2.26. The number of nitrogen functional groups attached to an aromatic ring is 1. The Bertz CT molecular complexity index is 428. The summed E-state index contributed by atoms with van der Waals surface area (Å²) in [6, 6.07) is 3.23. The molecule has 0 unspecified atom stereocenters. The first-order valence-corrected chi connectivity index (χ1v) is 5.69. The number of carbonyl (C=O) groups is 1. The monoisotopic (exact) mass is 236 g/mol. The lowest BCUT2D eigenvalue weighted by molar-refractivity contribution is -0.138. The van der Waals surface area contributed by atoms with E-state index in [0.29, 0.717) is 11.4 Å². The zero-order valence-corrected chi connectivity index (χ0v) is 10.7. The van der Waals surface area contributed by atoms with Crippen molar-refractivity contribution in [2.75, 3.05) is 11.1 Å². The fourth-order valence-corrected chi connectivity index (χ4v) is 1.78. The van der Waals surface area contributed by atoms with Crippen LogP contribution in [0.3, 0.4) is 0 Å². The van der Waals surface area contributed by atoms with Gasteiger partial charge in [0.25, 0.3) is 0 Å². The van der Waals surface area contributed by atoms with Crippen LogP contribution in [-0.4, -0.2) is 17.1 Å². The summed E-state index contributed by atoms with van der Waals surface area (Å²) in [5, 5.41) is 12.1. The van der Waals surface area contributed by atoms with Gasteiger partial charge < -0.3 is 16.2 Å². The number of hydrogen-bond acceptors (Lipinski definition) is 3. The molecule has 0 spiro atoms. The molecule has 0 amide bonds. The maximum Gasteiger partial charge on any atom is 0.326 e. The van der Waals surface area contributed by atoms with Crippen LogP contribution in [-0.2, 0) is 4.79 Å². The lowest BCUT2D eigenvalue weighted by atomic mass is 10.0. The van der Waals surface area contributed by atoms with E-state index < -0.39 is 12.0 Å². The highest BCUT2D eigenvalue weighted by molar-refractivity contribution is 5.81. The maximum absolute atomic E-state index is 11.1. The van der Waals surface area contributed by atoms with Gasteiger partial charge >= 0.3 is 5.97 Å². The summed E-state index contributed by atoms with van der Waals surface area (Å²) >= 11 is 0. The second kappa shape index (κ2) is 5.08. The smallest absolute Gasteiger partial charge is 0.326 e. The van der Waals surface area contributed by atoms with E-state index in [1.165, 1.54) is 0 Å². The molecule has 0 aliphatic rings. The predicted octanol–water partition coefficient (Wildman–Crippen LogP) is 2.41. The third-order valence-electron chi connectivity index (χ3n) is 2.77. The minimum atomic E-state index is -0.862. The predicted molar refractivity (Wildman–Crippen MR) is 70.2 cm³/mol. The molecule has 1 rings (SSSR count). The lowest BCUT2D eigenvalue weighted by Crippen LogP contribution is -2.34. The minimum Gasteiger partial charge on any atom is -0.480 e. The fraction of sp³-hybridized carbons (Fsp3) is 0.462. The van der Waals surface area contributed by atoms with E-state index in [0.717, 1.165) is 11.1 Å². The molecule has 0 heterocycles. The number of anilines is 2. The van der Waals surface area contributed by atoms with Crippen molar-refractivity contribution in [2.45, 2.75) is 33.7 Å². The molecule has 0 saturated heterocycles. The Balaban J connectivity index is 3.05. The number of nitrogens with one attached hydrogen (secondary N) is 1. The Hall–Kier alpha value is -1.71. The summed E-state index contributed by atoms with van der Waals surface area (Å²) in [6.45, 7) is 7.61. The van der Waals surface area contributed by atoms with Gasteiger partial charge in [-0.25, -0.2) is 4.79 Å². The molecule has 0 aromatic heterocycles. The second-order valence-corrected chi connectivity index (χ2v) is 4.75. The number of nitrogens with two attached hydrogens (primary N) is 1. The molecule has 4 nitrogen and oxygen atoms in total. The number of aliphatic carboxylic acids is 1. The molecule has 94 valence electrons. The zero-order valence-electron chi connectivity index (χ0n) is 10.7. The molecule has 1 aromatic carbocycles. The largest absolute Gasteiger partial charge is 0.480 e. The summed E-state index contributed by atoms with van der Waals surface area (Å²) in [5.41, 5.74) is 9.28. The zero-order chi connectivity index (χ0) is 13.2. The maximum atomic E-state index is 11.1.